The van der Waals surface area contributed by atoms with Crippen molar-refractivity contribution in [3.05, 3.63) is 66.0 Å². The summed E-state index contributed by atoms with van der Waals surface area (Å²) in [5.41, 5.74) is 2.64. The van der Waals surface area contributed by atoms with Crippen LogP contribution < -0.4 is 10.1 Å². The van der Waals surface area contributed by atoms with Crippen molar-refractivity contribution in [1.82, 2.24) is 15.3 Å². The van der Waals surface area contributed by atoms with E-state index in [4.69, 9.17) is 9.47 Å². The number of rotatable bonds is 6. The second kappa shape index (κ2) is 7.72. The van der Waals surface area contributed by atoms with Gasteiger partial charge in [0.05, 0.1) is 30.4 Å². The Morgan fingerprint density at radius 3 is 2.68 bits per heavy atom. The number of fused-ring (bicyclic) bond motifs is 1. The SMILES string of the molecule is COc1cccc(C(CNC(=O)c2cnc3ccccc3n2)OC)c1. The van der Waals surface area contributed by atoms with Crippen LogP contribution in [0.4, 0.5) is 0 Å². The minimum atomic E-state index is -0.289. The highest BCUT2D eigenvalue weighted by Gasteiger charge is 2.15. The quantitative estimate of drug-likeness (QED) is 0.749. The third-order valence-corrected chi connectivity index (χ3v) is 3.88. The molecular formula is C19H19N3O3. The van der Waals surface area contributed by atoms with Gasteiger partial charge in [0.15, 0.2) is 0 Å². The number of carbonyl (C=O) groups is 1. The molecule has 0 radical (unpaired) electrons. The Morgan fingerprint density at radius 2 is 1.92 bits per heavy atom. The Balaban J connectivity index is 1.70. The number of methoxy groups -OCH3 is 2. The highest BCUT2D eigenvalue weighted by Crippen LogP contribution is 2.21. The smallest absolute Gasteiger partial charge is 0.271 e. The van der Waals surface area contributed by atoms with E-state index in [2.05, 4.69) is 15.3 Å². The fourth-order valence-electron chi connectivity index (χ4n) is 2.52. The lowest BCUT2D eigenvalue weighted by atomic mass is 10.1. The lowest BCUT2D eigenvalue weighted by Gasteiger charge is -2.17. The molecule has 6 heteroatoms. The van der Waals surface area contributed by atoms with Gasteiger partial charge >= 0.3 is 0 Å². The van der Waals surface area contributed by atoms with E-state index in [0.29, 0.717) is 12.1 Å². The summed E-state index contributed by atoms with van der Waals surface area (Å²) in [5.74, 6) is 0.453. The van der Waals surface area contributed by atoms with E-state index in [1.54, 1.807) is 14.2 Å². The van der Waals surface area contributed by atoms with E-state index in [0.717, 1.165) is 16.8 Å². The van der Waals surface area contributed by atoms with E-state index in [-0.39, 0.29) is 17.7 Å². The molecule has 0 bridgehead atoms. The average Bonchev–Trinajstić information content (AvgIpc) is 2.68. The normalized spacial score (nSPS) is 11.9. The molecule has 1 aromatic heterocycles. The van der Waals surface area contributed by atoms with Gasteiger partial charge in [-0.25, -0.2) is 4.98 Å². The van der Waals surface area contributed by atoms with Crippen molar-refractivity contribution >= 4 is 16.9 Å². The lowest BCUT2D eigenvalue weighted by Crippen LogP contribution is -2.29. The number of amides is 1. The summed E-state index contributed by atoms with van der Waals surface area (Å²) in [6.07, 6.45) is 1.19. The lowest BCUT2D eigenvalue weighted by molar-refractivity contribution is 0.0823. The third kappa shape index (κ3) is 3.92. The fourth-order valence-corrected chi connectivity index (χ4v) is 2.52. The van der Waals surface area contributed by atoms with Gasteiger partial charge in [0, 0.05) is 13.7 Å². The van der Waals surface area contributed by atoms with Gasteiger partial charge in [-0.3, -0.25) is 9.78 Å². The molecule has 0 aliphatic carbocycles. The molecule has 1 N–H and O–H groups in total. The molecule has 0 spiro atoms. The van der Waals surface area contributed by atoms with Crippen molar-refractivity contribution in [2.75, 3.05) is 20.8 Å². The predicted molar refractivity (Wildman–Crippen MR) is 94.6 cm³/mol. The largest absolute Gasteiger partial charge is 0.497 e. The minimum Gasteiger partial charge on any atom is -0.497 e. The van der Waals surface area contributed by atoms with E-state index < -0.39 is 0 Å². The van der Waals surface area contributed by atoms with Crippen molar-refractivity contribution in [2.45, 2.75) is 6.10 Å². The molecule has 3 rings (SSSR count). The van der Waals surface area contributed by atoms with Crippen molar-refractivity contribution in [1.29, 1.82) is 0 Å². The van der Waals surface area contributed by atoms with Crippen LogP contribution in [0.3, 0.4) is 0 Å². The monoisotopic (exact) mass is 337 g/mol. The molecule has 0 saturated carbocycles. The average molecular weight is 337 g/mol. The number of ether oxygens (including phenoxy) is 2. The number of nitrogens with one attached hydrogen (secondary N) is 1. The Labute approximate surface area is 145 Å². The minimum absolute atomic E-state index is 0.277. The molecule has 0 aliphatic rings. The van der Waals surface area contributed by atoms with Gasteiger partial charge in [0.25, 0.3) is 5.91 Å². The molecule has 1 atom stereocenters. The zero-order valence-corrected chi connectivity index (χ0v) is 14.1. The van der Waals surface area contributed by atoms with Crippen LogP contribution in [0.2, 0.25) is 0 Å². The molecule has 128 valence electrons. The molecule has 0 aliphatic heterocycles. The molecule has 25 heavy (non-hydrogen) atoms. The summed E-state index contributed by atoms with van der Waals surface area (Å²) in [5, 5.41) is 2.84. The highest BCUT2D eigenvalue weighted by atomic mass is 16.5. The van der Waals surface area contributed by atoms with E-state index in [9.17, 15) is 4.79 Å². The van der Waals surface area contributed by atoms with E-state index in [1.807, 2.05) is 48.5 Å². The molecule has 0 fully saturated rings. The molecule has 6 nitrogen and oxygen atoms in total. The first-order valence-electron chi connectivity index (χ1n) is 7.88. The number of aromatic nitrogens is 2. The van der Waals surface area contributed by atoms with Gasteiger partial charge in [0.2, 0.25) is 0 Å². The zero-order valence-electron chi connectivity index (χ0n) is 14.1. The summed E-state index contributed by atoms with van der Waals surface area (Å²) >= 11 is 0. The number of nitrogens with zero attached hydrogens (tertiary/aromatic N) is 2. The molecule has 0 saturated heterocycles. The van der Waals surface area contributed by atoms with Crippen LogP contribution in [0.25, 0.3) is 11.0 Å². The van der Waals surface area contributed by atoms with Crippen LogP contribution in [0.1, 0.15) is 22.2 Å². The van der Waals surface area contributed by atoms with Crippen LogP contribution in [0.5, 0.6) is 5.75 Å². The van der Waals surface area contributed by atoms with E-state index >= 15 is 0 Å². The van der Waals surface area contributed by atoms with Crippen LogP contribution in [0, 0.1) is 0 Å². The molecule has 1 unspecified atom stereocenters. The fraction of sp³-hybridized carbons (Fsp3) is 0.211. The third-order valence-electron chi connectivity index (χ3n) is 3.88. The first-order chi connectivity index (χ1) is 12.2. The second-order valence-corrected chi connectivity index (χ2v) is 5.45. The molecule has 1 amide bonds. The summed E-state index contributed by atoms with van der Waals surface area (Å²) in [7, 11) is 3.22. The van der Waals surface area contributed by atoms with Crippen molar-refractivity contribution in [3.8, 4) is 5.75 Å². The summed E-state index contributed by atoms with van der Waals surface area (Å²) in [6.45, 7) is 0.316. The Kier molecular flexibility index (Phi) is 5.20. The first-order valence-corrected chi connectivity index (χ1v) is 7.88. The number of para-hydroxylation sites is 2. The topological polar surface area (TPSA) is 73.3 Å². The molecule has 3 aromatic rings. The van der Waals surface area contributed by atoms with Crippen LogP contribution in [-0.4, -0.2) is 36.6 Å². The maximum Gasteiger partial charge on any atom is 0.271 e. The Morgan fingerprint density at radius 1 is 1.12 bits per heavy atom. The standard InChI is InChI=1S/C19H19N3O3/c1-24-14-7-5-6-13(10-14)18(25-2)12-21-19(23)17-11-20-15-8-3-4-9-16(15)22-17/h3-11,18H,12H2,1-2H3,(H,21,23). The van der Waals surface area contributed by atoms with Crippen LogP contribution in [0.15, 0.2) is 54.7 Å². The maximum absolute atomic E-state index is 12.4. The van der Waals surface area contributed by atoms with Gasteiger partial charge in [-0.05, 0) is 29.8 Å². The van der Waals surface area contributed by atoms with Gasteiger partial charge in [0.1, 0.15) is 11.4 Å². The van der Waals surface area contributed by atoms with E-state index in [1.165, 1.54) is 6.20 Å². The van der Waals surface area contributed by atoms with Crippen molar-refractivity contribution < 1.29 is 14.3 Å². The zero-order chi connectivity index (χ0) is 17.6. The maximum atomic E-state index is 12.4. The highest BCUT2D eigenvalue weighted by molar-refractivity contribution is 5.93. The second-order valence-electron chi connectivity index (χ2n) is 5.45. The Hall–Kier alpha value is -2.99. The van der Waals surface area contributed by atoms with Gasteiger partial charge < -0.3 is 14.8 Å². The van der Waals surface area contributed by atoms with Crippen LogP contribution in [-0.2, 0) is 4.74 Å². The van der Waals surface area contributed by atoms with Crippen molar-refractivity contribution in [3.63, 3.8) is 0 Å². The van der Waals surface area contributed by atoms with Crippen molar-refractivity contribution in [2.24, 2.45) is 0 Å². The summed E-state index contributed by atoms with van der Waals surface area (Å²) in [6, 6.07) is 15.0. The van der Waals surface area contributed by atoms with Gasteiger partial charge in [-0.1, -0.05) is 24.3 Å². The Bertz CT molecular complexity index is 882. The molecule has 2 aromatic carbocycles. The number of carbonyl (C=O) groups excluding carboxylic acids is 1. The first kappa shape index (κ1) is 16.9. The van der Waals surface area contributed by atoms with Gasteiger partial charge in [-0.15, -0.1) is 0 Å². The number of benzene rings is 2. The van der Waals surface area contributed by atoms with Gasteiger partial charge in [-0.2, -0.15) is 0 Å². The number of hydrogen-bond acceptors (Lipinski definition) is 5. The molecule has 1 heterocycles. The summed E-state index contributed by atoms with van der Waals surface area (Å²) in [4.78, 5) is 21.0. The predicted octanol–water partition coefficient (Wildman–Crippen LogP) is 2.76. The number of hydrogen-bond donors (Lipinski definition) is 1. The summed E-state index contributed by atoms with van der Waals surface area (Å²) < 4.78 is 10.7. The van der Waals surface area contributed by atoms with Crippen LogP contribution >= 0.6 is 0 Å². The molecular weight excluding hydrogens is 318 g/mol.